The zero-order valence-electron chi connectivity index (χ0n) is 14.3. The summed E-state index contributed by atoms with van der Waals surface area (Å²) >= 11 is 0. The van der Waals surface area contributed by atoms with Crippen molar-refractivity contribution >= 4 is 11.8 Å². The van der Waals surface area contributed by atoms with E-state index in [0.717, 1.165) is 12.3 Å². The third-order valence-electron chi connectivity index (χ3n) is 4.40. The standard InChI is InChI=1S/C15H22F2N4O5/c1-3-7(2)10(19)12(23)25-6-8-11(22)15(16,17)13(26-8)21-5-4-9(18)20-14(21)24/h4-5,7-8,10-11,13,22H,3,6,19H2,1-2H3,(H2,18,20,24)/t7?,8?,10-,11+,13+/m0/s1. The van der Waals surface area contributed by atoms with Crippen molar-refractivity contribution in [2.75, 3.05) is 12.3 Å². The van der Waals surface area contributed by atoms with Gasteiger partial charge in [0.1, 0.15) is 24.6 Å². The van der Waals surface area contributed by atoms with Crippen LogP contribution in [0.1, 0.15) is 26.5 Å². The number of aromatic nitrogens is 2. The minimum absolute atomic E-state index is 0.141. The van der Waals surface area contributed by atoms with Crippen molar-refractivity contribution in [3.05, 3.63) is 22.7 Å². The highest BCUT2D eigenvalue weighted by molar-refractivity contribution is 5.75. The quantitative estimate of drug-likeness (QED) is 0.571. The number of alkyl halides is 2. The fraction of sp³-hybridized carbons (Fsp3) is 0.667. The molecule has 1 fully saturated rings. The molecular formula is C15H22F2N4O5. The summed E-state index contributed by atoms with van der Waals surface area (Å²) in [6, 6.07) is 0.227. The van der Waals surface area contributed by atoms with E-state index in [0.29, 0.717) is 11.0 Å². The first-order valence-corrected chi connectivity index (χ1v) is 8.07. The molecule has 0 amide bonds. The first-order valence-electron chi connectivity index (χ1n) is 8.07. The minimum Gasteiger partial charge on any atom is -0.462 e. The van der Waals surface area contributed by atoms with E-state index in [1.165, 1.54) is 0 Å². The fourth-order valence-electron chi connectivity index (χ4n) is 2.46. The van der Waals surface area contributed by atoms with Gasteiger partial charge in [0.05, 0.1) is 0 Å². The number of ether oxygens (including phenoxy) is 2. The fourth-order valence-corrected chi connectivity index (χ4v) is 2.46. The van der Waals surface area contributed by atoms with Crippen molar-refractivity contribution in [1.29, 1.82) is 0 Å². The molecule has 146 valence electrons. The predicted octanol–water partition coefficient (Wildman–Crippen LogP) is -0.364. The van der Waals surface area contributed by atoms with Crippen LogP contribution in [-0.2, 0) is 14.3 Å². The van der Waals surface area contributed by atoms with Gasteiger partial charge in [0, 0.05) is 6.20 Å². The maximum Gasteiger partial charge on any atom is 0.351 e. The van der Waals surface area contributed by atoms with Crippen LogP contribution in [0.25, 0.3) is 0 Å². The van der Waals surface area contributed by atoms with Gasteiger partial charge in [0.15, 0.2) is 6.10 Å². The van der Waals surface area contributed by atoms with Gasteiger partial charge in [-0.2, -0.15) is 13.8 Å². The number of esters is 1. The second-order valence-corrected chi connectivity index (χ2v) is 6.23. The average molecular weight is 376 g/mol. The molecule has 0 saturated carbocycles. The number of aliphatic hydroxyl groups is 1. The number of nitrogen functional groups attached to an aromatic ring is 1. The van der Waals surface area contributed by atoms with Gasteiger partial charge in [-0.3, -0.25) is 9.36 Å². The Hall–Kier alpha value is -2.11. The summed E-state index contributed by atoms with van der Waals surface area (Å²) in [7, 11) is 0. The van der Waals surface area contributed by atoms with Gasteiger partial charge >= 0.3 is 17.6 Å². The Morgan fingerprint density at radius 1 is 1.58 bits per heavy atom. The Kier molecular flexibility index (Phi) is 5.94. The second kappa shape index (κ2) is 7.64. The first kappa shape index (κ1) is 20.2. The van der Waals surface area contributed by atoms with Crippen LogP contribution >= 0.6 is 0 Å². The smallest absolute Gasteiger partial charge is 0.351 e. The summed E-state index contributed by atoms with van der Waals surface area (Å²) in [5.74, 6) is -4.89. The Balaban J connectivity index is 2.11. The molecule has 1 saturated heterocycles. The van der Waals surface area contributed by atoms with Crippen LogP contribution in [0.4, 0.5) is 14.6 Å². The first-order chi connectivity index (χ1) is 12.1. The molecule has 9 nitrogen and oxygen atoms in total. The summed E-state index contributed by atoms with van der Waals surface area (Å²) in [6.45, 7) is 2.95. The van der Waals surface area contributed by atoms with E-state index in [4.69, 9.17) is 20.9 Å². The van der Waals surface area contributed by atoms with Gasteiger partial charge in [-0.15, -0.1) is 0 Å². The SMILES string of the molecule is CCC(C)[C@H](N)C(=O)OCC1O[C@@H](n2ccc(N)nc2=O)C(F)(F)[C@@H]1O. The van der Waals surface area contributed by atoms with Crippen molar-refractivity contribution in [2.45, 2.75) is 50.7 Å². The van der Waals surface area contributed by atoms with E-state index >= 15 is 0 Å². The molecule has 11 heteroatoms. The van der Waals surface area contributed by atoms with E-state index in [1.807, 2.05) is 6.92 Å². The third kappa shape index (κ3) is 3.84. The van der Waals surface area contributed by atoms with Crippen LogP contribution in [0.5, 0.6) is 0 Å². The van der Waals surface area contributed by atoms with Crippen molar-refractivity contribution in [2.24, 2.45) is 11.7 Å². The van der Waals surface area contributed by atoms with Gasteiger partial charge in [-0.05, 0) is 12.0 Å². The Morgan fingerprint density at radius 3 is 2.81 bits per heavy atom. The van der Waals surface area contributed by atoms with Crippen molar-refractivity contribution in [3.63, 3.8) is 0 Å². The molecule has 0 radical (unpaired) electrons. The van der Waals surface area contributed by atoms with E-state index in [2.05, 4.69) is 4.98 Å². The molecule has 5 atom stereocenters. The number of hydrogen-bond acceptors (Lipinski definition) is 8. The molecule has 26 heavy (non-hydrogen) atoms. The number of rotatable bonds is 6. The Bertz CT molecular complexity index is 714. The normalized spacial score (nSPS) is 27.1. The molecule has 1 aromatic heterocycles. The Labute approximate surface area is 147 Å². The number of hydrogen-bond donors (Lipinski definition) is 3. The lowest BCUT2D eigenvalue weighted by atomic mass is 10.0. The maximum atomic E-state index is 14.3. The molecule has 0 spiro atoms. The number of nitrogens with two attached hydrogens (primary N) is 2. The number of anilines is 1. The second-order valence-electron chi connectivity index (χ2n) is 6.23. The number of halogens is 2. The predicted molar refractivity (Wildman–Crippen MR) is 86.2 cm³/mol. The summed E-state index contributed by atoms with van der Waals surface area (Å²) in [6.07, 6.45) is -4.31. The van der Waals surface area contributed by atoms with Gasteiger partial charge in [0.25, 0.3) is 0 Å². The van der Waals surface area contributed by atoms with Gasteiger partial charge < -0.3 is 26.0 Å². The van der Waals surface area contributed by atoms with Gasteiger partial charge in [-0.1, -0.05) is 20.3 Å². The number of carbonyl (C=O) groups is 1. The van der Waals surface area contributed by atoms with E-state index in [9.17, 15) is 23.5 Å². The zero-order valence-corrected chi connectivity index (χ0v) is 14.3. The molecule has 1 aliphatic heterocycles. The summed E-state index contributed by atoms with van der Waals surface area (Å²) in [5.41, 5.74) is 9.97. The number of carbonyl (C=O) groups excluding carboxylic acids is 1. The molecule has 2 heterocycles. The molecule has 2 rings (SSSR count). The molecule has 1 aliphatic rings. The van der Waals surface area contributed by atoms with Crippen molar-refractivity contribution < 1.29 is 28.2 Å². The van der Waals surface area contributed by atoms with Crippen LogP contribution in [0.2, 0.25) is 0 Å². The summed E-state index contributed by atoms with van der Waals surface area (Å²) < 4.78 is 39.2. The van der Waals surface area contributed by atoms with Gasteiger partial charge in [-0.25, -0.2) is 4.79 Å². The summed E-state index contributed by atoms with van der Waals surface area (Å²) in [4.78, 5) is 27.0. The minimum atomic E-state index is -3.81. The van der Waals surface area contributed by atoms with Crippen LogP contribution in [-0.4, -0.2) is 51.4 Å². The topological polar surface area (TPSA) is 143 Å². The molecule has 1 aromatic rings. The van der Waals surface area contributed by atoms with E-state index in [1.54, 1.807) is 6.92 Å². The Morgan fingerprint density at radius 2 is 2.23 bits per heavy atom. The zero-order chi connectivity index (χ0) is 19.6. The molecule has 0 bridgehead atoms. The van der Waals surface area contributed by atoms with Gasteiger partial charge in [0.2, 0.25) is 6.23 Å². The monoisotopic (exact) mass is 376 g/mol. The number of aliphatic hydroxyl groups excluding tert-OH is 1. The molecule has 0 aliphatic carbocycles. The lowest BCUT2D eigenvalue weighted by Crippen LogP contribution is -2.43. The largest absolute Gasteiger partial charge is 0.462 e. The highest BCUT2D eigenvalue weighted by Gasteiger charge is 2.60. The lowest BCUT2D eigenvalue weighted by molar-refractivity contribution is -0.153. The molecular weight excluding hydrogens is 354 g/mol. The van der Waals surface area contributed by atoms with E-state index in [-0.39, 0.29) is 11.7 Å². The van der Waals surface area contributed by atoms with E-state index < -0.39 is 48.7 Å². The maximum absolute atomic E-state index is 14.3. The third-order valence-corrected chi connectivity index (χ3v) is 4.40. The average Bonchev–Trinajstić information content (AvgIpc) is 2.81. The highest BCUT2D eigenvalue weighted by Crippen LogP contribution is 2.42. The summed E-state index contributed by atoms with van der Waals surface area (Å²) in [5, 5.41) is 9.84. The molecule has 0 aromatic carbocycles. The lowest BCUT2D eigenvalue weighted by Gasteiger charge is -2.20. The van der Waals surface area contributed by atoms with Crippen LogP contribution in [0.15, 0.2) is 17.1 Å². The van der Waals surface area contributed by atoms with Crippen molar-refractivity contribution in [1.82, 2.24) is 9.55 Å². The van der Waals surface area contributed by atoms with Crippen LogP contribution < -0.4 is 17.2 Å². The van der Waals surface area contributed by atoms with Crippen LogP contribution in [0, 0.1) is 5.92 Å². The van der Waals surface area contributed by atoms with Crippen molar-refractivity contribution in [3.8, 4) is 0 Å². The van der Waals surface area contributed by atoms with Crippen LogP contribution in [0.3, 0.4) is 0 Å². The molecule has 2 unspecified atom stereocenters. The number of nitrogens with zero attached hydrogens (tertiary/aromatic N) is 2. The highest BCUT2D eigenvalue weighted by atomic mass is 19.3. The molecule has 5 N–H and O–H groups in total.